The first-order valence-electron chi connectivity index (χ1n) is 8.55. The van der Waals surface area contributed by atoms with E-state index in [0.29, 0.717) is 0 Å². The summed E-state index contributed by atoms with van der Waals surface area (Å²) in [6, 6.07) is 28.6. The van der Waals surface area contributed by atoms with Crippen molar-refractivity contribution in [1.82, 2.24) is 4.90 Å². The Morgan fingerprint density at radius 1 is 0.760 bits per heavy atom. The second-order valence-corrected chi connectivity index (χ2v) is 6.35. The lowest BCUT2D eigenvalue weighted by Crippen LogP contribution is -2.30. The van der Waals surface area contributed by atoms with E-state index in [1.807, 2.05) is 60.7 Å². The average Bonchev–Trinajstić information content (AvgIpc) is 3.00. The minimum Gasteiger partial charge on any atom is -0.423 e. The van der Waals surface area contributed by atoms with Gasteiger partial charge in [-0.1, -0.05) is 84.9 Å². The maximum Gasteiger partial charge on any atom is 0.492 e. The van der Waals surface area contributed by atoms with Crippen LogP contribution in [0.3, 0.4) is 0 Å². The van der Waals surface area contributed by atoms with Crippen LogP contribution in [0.25, 0.3) is 0 Å². The van der Waals surface area contributed by atoms with Crippen LogP contribution in [0, 0.1) is 0 Å². The quantitative estimate of drug-likeness (QED) is 0.730. The lowest BCUT2D eigenvalue weighted by molar-refractivity contribution is 0.00762. The highest BCUT2D eigenvalue weighted by molar-refractivity contribution is 6.61. The van der Waals surface area contributed by atoms with Gasteiger partial charge >= 0.3 is 7.12 Å². The van der Waals surface area contributed by atoms with E-state index < -0.39 is 7.12 Å². The fourth-order valence-corrected chi connectivity index (χ4v) is 3.37. The number of rotatable bonds is 5. The Hall–Kier alpha value is -2.40. The van der Waals surface area contributed by atoms with Crippen LogP contribution in [-0.4, -0.2) is 17.0 Å². The predicted molar refractivity (Wildman–Crippen MR) is 100 cm³/mol. The molecule has 3 aromatic rings. The summed E-state index contributed by atoms with van der Waals surface area (Å²) < 4.78 is 5.92. The predicted octanol–water partition coefficient (Wildman–Crippen LogP) is 3.11. The largest absolute Gasteiger partial charge is 0.492 e. The molecule has 25 heavy (non-hydrogen) atoms. The van der Waals surface area contributed by atoms with Crippen molar-refractivity contribution in [3.63, 3.8) is 0 Å². The topological polar surface area (TPSA) is 32.7 Å². The van der Waals surface area contributed by atoms with Gasteiger partial charge in [0.2, 0.25) is 0 Å². The number of nitrogens with zero attached hydrogens (tertiary/aromatic N) is 1. The molecule has 0 amide bonds. The standard InChI is InChI=1S/C21H20BNO2/c24-22-20-14-8-7-13-19(20)21(25-22)23(15-17-9-3-1-4-10-17)16-18-11-5-2-6-12-18/h1-14,21,24H,15-16H2. The first-order chi connectivity index (χ1) is 12.3. The highest BCUT2D eigenvalue weighted by Crippen LogP contribution is 2.30. The third-order valence-electron chi connectivity index (χ3n) is 4.57. The summed E-state index contributed by atoms with van der Waals surface area (Å²) in [4.78, 5) is 2.26. The van der Waals surface area contributed by atoms with E-state index in [-0.39, 0.29) is 6.23 Å². The third-order valence-corrected chi connectivity index (χ3v) is 4.57. The van der Waals surface area contributed by atoms with E-state index in [9.17, 15) is 5.02 Å². The van der Waals surface area contributed by atoms with Gasteiger partial charge in [-0.05, 0) is 22.2 Å². The van der Waals surface area contributed by atoms with Gasteiger partial charge in [0.1, 0.15) is 6.23 Å². The Morgan fingerprint density at radius 2 is 1.28 bits per heavy atom. The zero-order chi connectivity index (χ0) is 17.1. The lowest BCUT2D eigenvalue weighted by atomic mass is 9.79. The van der Waals surface area contributed by atoms with Crippen molar-refractivity contribution in [1.29, 1.82) is 0 Å². The first-order valence-corrected chi connectivity index (χ1v) is 8.55. The first kappa shape index (κ1) is 16.1. The molecular formula is C21H20BNO2. The van der Waals surface area contributed by atoms with E-state index in [0.717, 1.165) is 24.1 Å². The van der Waals surface area contributed by atoms with E-state index >= 15 is 0 Å². The number of hydrogen-bond acceptors (Lipinski definition) is 3. The van der Waals surface area contributed by atoms with Crippen molar-refractivity contribution in [3.8, 4) is 0 Å². The number of benzene rings is 3. The van der Waals surface area contributed by atoms with Crippen molar-refractivity contribution >= 4 is 12.6 Å². The fraction of sp³-hybridized carbons (Fsp3) is 0.143. The monoisotopic (exact) mass is 329 g/mol. The number of hydrogen-bond donors (Lipinski definition) is 1. The average molecular weight is 329 g/mol. The molecule has 1 N–H and O–H groups in total. The molecule has 1 aliphatic rings. The maximum atomic E-state index is 10.3. The van der Waals surface area contributed by atoms with E-state index in [1.54, 1.807) is 0 Å². The minimum atomic E-state index is -0.866. The molecule has 0 aliphatic carbocycles. The summed E-state index contributed by atoms with van der Waals surface area (Å²) in [7, 11) is -0.866. The summed E-state index contributed by atoms with van der Waals surface area (Å²) >= 11 is 0. The van der Waals surface area contributed by atoms with Crippen LogP contribution in [0.4, 0.5) is 0 Å². The zero-order valence-corrected chi connectivity index (χ0v) is 14.0. The molecular weight excluding hydrogens is 309 g/mol. The van der Waals surface area contributed by atoms with Gasteiger partial charge in [0.25, 0.3) is 0 Å². The molecule has 0 spiro atoms. The van der Waals surface area contributed by atoms with Crippen molar-refractivity contribution in [3.05, 3.63) is 102 Å². The van der Waals surface area contributed by atoms with Gasteiger partial charge in [0.05, 0.1) is 0 Å². The molecule has 0 aromatic heterocycles. The molecule has 1 heterocycles. The second kappa shape index (κ2) is 7.24. The van der Waals surface area contributed by atoms with Gasteiger partial charge in [0.15, 0.2) is 0 Å². The van der Waals surface area contributed by atoms with Gasteiger partial charge < -0.3 is 9.68 Å². The molecule has 0 bridgehead atoms. The maximum absolute atomic E-state index is 10.3. The highest BCUT2D eigenvalue weighted by Gasteiger charge is 2.37. The molecule has 3 aromatic carbocycles. The van der Waals surface area contributed by atoms with Crippen LogP contribution < -0.4 is 5.46 Å². The Morgan fingerprint density at radius 3 is 1.88 bits per heavy atom. The van der Waals surface area contributed by atoms with Crippen LogP contribution >= 0.6 is 0 Å². The molecule has 124 valence electrons. The SMILES string of the molecule is OB1OC(N(Cc2ccccc2)Cc2ccccc2)c2ccccc21. The van der Waals surface area contributed by atoms with Gasteiger partial charge in [-0.3, -0.25) is 4.90 Å². The molecule has 1 unspecified atom stereocenters. The van der Waals surface area contributed by atoms with Crippen LogP contribution in [-0.2, 0) is 17.7 Å². The highest BCUT2D eigenvalue weighted by atomic mass is 16.5. The summed E-state index contributed by atoms with van der Waals surface area (Å²) in [5.74, 6) is 0. The summed E-state index contributed by atoms with van der Waals surface area (Å²) in [5, 5.41) is 10.3. The summed E-state index contributed by atoms with van der Waals surface area (Å²) in [6.07, 6.45) is -0.258. The Labute approximate surface area is 148 Å². The third kappa shape index (κ3) is 3.51. The molecule has 0 saturated heterocycles. The molecule has 0 fully saturated rings. The van der Waals surface area contributed by atoms with Crippen LogP contribution in [0.2, 0.25) is 0 Å². The second-order valence-electron chi connectivity index (χ2n) is 6.35. The lowest BCUT2D eigenvalue weighted by Gasteiger charge is -2.29. The molecule has 3 nitrogen and oxygen atoms in total. The zero-order valence-electron chi connectivity index (χ0n) is 14.0. The van der Waals surface area contributed by atoms with Crippen LogP contribution in [0.1, 0.15) is 22.9 Å². The number of fused-ring (bicyclic) bond motifs is 1. The fourth-order valence-electron chi connectivity index (χ4n) is 3.37. The normalized spacial score (nSPS) is 16.2. The van der Waals surface area contributed by atoms with Crippen LogP contribution in [0.5, 0.6) is 0 Å². The van der Waals surface area contributed by atoms with Crippen LogP contribution in [0.15, 0.2) is 84.9 Å². The van der Waals surface area contributed by atoms with E-state index in [1.165, 1.54) is 11.1 Å². The molecule has 0 saturated carbocycles. The van der Waals surface area contributed by atoms with Gasteiger partial charge in [-0.15, -0.1) is 0 Å². The summed E-state index contributed by atoms with van der Waals surface area (Å²) in [6.45, 7) is 1.50. The Bertz CT molecular complexity index is 784. The molecule has 4 heteroatoms. The molecule has 4 rings (SSSR count). The summed E-state index contributed by atoms with van der Waals surface area (Å²) in [5.41, 5.74) is 4.35. The van der Waals surface area contributed by atoms with E-state index in [2.05, 4.69) is 29.2 Å². The van der Waals surface area contributed by atoms with Crippen molar-refractivity contribution < 1.29 is 9.68 Å². The Kier molecular flexibility index (Phi) is 4.66. The van der Waals surface area contributed by atoms with Gasteiger partial charge in [-0.2, -0.15) is 0 Å². The van der Waals surface area contributed by atoms with Crippen molar-refractivity contribution in [2.45, 2.75) is 19.3 Å². The molecule has 0 radical (unpaired) electrons. The minimum absolute atomic E-state index is 0.258. The van der Waals surface area contributed by atoms with Crippen molar-refractivity contribution in [2.24, 2.45) is 0 Å². The van der Waals surface area contributed by atoms with Crippen molar-refractivity contribution in [2.75, 3.05) is 0 Å². The van der Waals surface area contributed by atoms with Gasteiger partial charge in [-0.25, -0.2) is 0 Å². The molecule has 1 aliphatic heterocycles. The molecule has 1 atom stereocenters. The van der Waals surface area contributed by atoms with E-state index in [4.69, 9.17) is 4.65 Å². The Balaban J connectivity index is 1.66. The smallest absolute Gasteiger partial charge is 0.423 e. The van der Waals surface area contributed by atoms with Gasteiger partial charge in [0, 0.05) is 13.1 Å².